The van der Waals surface area contributed by atoms with Crippen molar-refractivity contribution in [1.29, 1.82) is 0 Å². The summed E-state index contributed by atoms with van der Waals surface area (Å²) in [6.45, 7) is 7.45. The Balaban J connectivity index is 1.93. The van der Waals surface area contributed by atoms with E-state index >= 15 is 0 Å². The highest BCUT2D eigenvalue weighted by Gasteiger charge is 2.30. The second-order valence-electron chi connectivity index (χ2n) is 7.66. The molecule has 1 saturated heterocycles. The summed E-state index contributed by atoms with van der Waals surface area (Å²) in [6.07, 6.45) is 1.67. The molecule has 0 saturated carbocycles. The second-order valence-corrected chi connectivity index (χ2v) is 9.66. The van der Waals surface area contributed by atoms with Crippen molar-refractivity contribution in [2.45, 2.75) is 44.6 Å². The molecule has 0 spiro atoms. The van der Waals surface area contributed by atoms with Gasteiger partial charge in [0.15, 0.2) is 6.54 Å². The van der Waals surface area contributed by atoms with Gasteiger partial charge in [0.1, 0.15) is 5.92 Å². The lowest BCUT2D eigenvalue weighted by atomic mass is 9.98. The number of nitrogens with one attached hydrogen (secondary N) is 2. The van der Waals surface area contributed by atoms with Crippen LogP contribution in [0.4, 0.5) is 5.69 Å². The van der Waals surface area contributed by atoms with Gasteiger partial charge in [-0.2, -0.15) is 4.31 Å². The van der Waals surface area contributed by atoms with Crippen LogP contribution in [0.15, 0.2) is 29.2 Å². The Labute approximate surface area is 173 Å². The monoisotopic (exact) mass is 426 g/mol. The number of quaternary nitrogens is 1. The van der Waals surface area contributed by atoms with Crippen LogP contribution in [0, 0.1) is 5.92 Å². The molecule has 9 heteroatoms. The lowest BCUT2D eigenvalue weighted by Gasteiger charge is -2.28. The van der Waals surface area contributed by atoms with Gasteiger partial charge in [-0.15, -0.1) is 0 Å². The summed E-state index contributed by atoms with van der Waals surface area (Å²) in [6, 6.07) is 6.02. The van der Waals surface area contributed by atoms with Crippen molar-refractivity contribution in [3.63, 3.8) is 0 Å². The summed E-state index contributed by atoms with van der Waals surface area (Å²) in [5.74, 6) is -0.512. The Kier molecular flexibility index (Phi) is 8.18. The van der Waals surface area contributed by atoms with E-state index in [0.717, 1.165) is 24.3 Å². The first-order valence-electron chi connectivity index (χ1n) is 10.0. The van der Waals surface area contributed by atoms with Crippen LogP contribution in [0.25, 0.3) is 0 Å². The molecule has 8 nitrogen and oxygen atoms in total. The van der Waals surface area contributed by atoms with Crippen LogP contribution in [0.1, 0.15) is 33.6 Å². The van der Waals surface area contributed by atoms with Crippen molar-refractivity contribution in [3.05, 3.63) is 24.3 Å². The van der Waals surface area contributed by atoms with Crippen LogP contribution in [-0.2, 0) is 24.3 Å². The summed E-state index contributed by atoms with van der Waals surface area (Å²) < 4.78 is 31.4. The normalized spacial score (nSPS) is 19.9. The smallest absolute Gasteiger partial charge is 0.314 e. The molecule has 0 bridgehead atoms. The Morgan fingerprint density at radius 2 is 1.93 bits per heavy atom. The van der Waals surface area contributed by atoms with Gasteiger partial charge in [-0.1, -0.05) is 0 Å². The van der Waals surface area contributed by atoms with E-state index < -0.39 is 10.0 Å². The average Bonchev–Trinajstić information content (AvgIpc) is 2.68. The zero-order valence-corrected chi connectivity index (χ0v) is 18.4. The largest absolute Gasteiger partial charge is 0.466 e. The highest BCUT2D eigenvalue weighted by Crippen LogP contribution is 2.19. The molecule has 1 fully saturated rings. The highest BCUT2D eigenvalue weighted by atomic mass is 32.2. The molecular formula is C20H32N3O5S+. The number of carbonyl (C=O) groups is 2. The quantitative estimate of drug-likeness (QED) is 0.591. The molecule has 0 aliphatic carbocycles. The third kappa shape index (κ3) is 6.25. The predicted molar refractivity (Wildman–Crippen MR) is 110 cm³/mol. The van der Waals surface area contributed by atoms with Crippen molar-refractivity contribution in [1.82, 2.24) is 4.31 Å². The summed E-state index contributed by atoms with van der Waals surface area (Å²) in [5, 5.41) is 2.80. The number of anilines is 1. The van der Waals surface area contributed by atoms with Gasteiger partial charge >= 0.3 is 5.97 Å². The standard InChI is InChI=1S/C20H31N3O5S/c1-5-28-20(25)16-7-6-12-23(13-16)14-19(24)21-17-8-10-18(11-9-17)29(26,27)22(4)15(2)3/h8-11,15-16H,5-7,12-14H2,1-4H3,(H,21,24)/p+1/t16-/m0/s1. The van der Waals surface area contributed by atoms with E-state index in [2.05, 4.69) is 5.32 Å². The van der Waals surface area contributed by atoms with Gasteiger partial charge in [-0.05, 0) is 57.9 Å². The molecule has 1 unspecified atom stereocenters. The molecule has 162 valence electrons. The number of likely N-dealkylation sites (tertiary alicyclic amines) is 1. The first-order chi connectivity index (χ1) is 13.6. The molecule has 0 aromatic heterocycles. The van der Waals surface area contributed by atoms with E-state index in [-0.39, 0.29) is 35.3 Å². The highest BCUT2D eigenvalue weighted by molar-refractivity contribution is 7.89. The number of hydrogen-bond donors (Lipinski definition) is 2. The summed E-state index contributed by atoms with van der Waals surface area (Å²) in [7, 11) is -2.01. The number of hydrogen-bond acceptors (Lipinski definition) is 5. The van der Waals surface area contributed by atoms with Crippen molar-refractivity contribution in [2.75, 3.05) is 38.6 Å². The van der Waals surface area contributed by atoms with E-state index in [1.165, 1.54) is 16.4 Å². The minimum Gasteiger partial charge on any atom is -0.466 e. The maximum absolute atomic E-state index is 12.5. The molecular weight excluding hydrogens is 394 g/mol. The molecule has 2 atom stereocenters. The van der Waals surface area contributed by atoms with Crippen LogP contribution < -0.4 is 10.2 Å². The van der Waals surface area contributed by atoms with Gasteiger partial charge in [0.05, 0.1) is 24.6 Å². The molecule has 1 amide bonds. The van der Waals surface area contributed by atoms with Crippen molar-refractivity contribution in [2.24, 2.45) is 5.92 Å². The number of sulfonamides is 1. The maximum Gasteiger partial charge on any atom is 0.314 e. The number of amides is 1. The number of esters is 1. The van der Waals surface area contributed by atoms with Gasteiger partial charge in [0.25, 0.3) is 5.91 Å². The third-order valence-electron chi connectivity index (χ3n) is 5.19. The first kappa shape index (κ1) is 23.3. The summed E-state index contributed by atoms with van der Waals surface area (Å²) >= 11 is 0. The van der Waals surface area contributed by atoms with Gasteiger partial charge in [-0.3, -0.25) is 9.59 Å². The van der Waals surface area contributed by atoms with Crippen LogP contribution in [0.2, 0.25) is 0 Å². The molecule has 29 heavy (non-hydrogen) atoms. The lowest BCUT2D eigenvalue weighted by Crippen LogP contribution is -3.14. The van der Waals surface area contributed by atoms with Crippen molar-refractivity contribution in [3.8, 4) is 0 Å². The third-order valence-corrected chi connectivity index (χ3v) is 7.24. The molecule has 1 aliphatic heterocycles. The lowest BCUT2D eigenvalue weighted by molar-refractivity contribution is -0.899. The van der Waals surface area contributed by atoms with E-state index in [1.807, 2.05) is 13.8 Å². The summed E-state index contributed by atoms with van der Waals surface area (Å²) in [5.41, 5.74) is 0.541. The Bertz CT molecular complexity index is 808. The van der Waals surface area contributed by atoms with E-state index in [0.29, 0.717) is 18.8 Å². The Morgan fingerprint density at radius 1 is 1.28 bits per heavy atom. The molecule has 2 N–H and O–H groups in total. The van der Waals surface area contributed by atoms with Gasteiger partial charge < -0.3 is 15.0 Å². The van der Waals surface area contributed by atoms with E-state index in [1.54, 1.807) is 26.1 Å². The van der Waals surface area contributed by atoms with Crippen LogP contribution in [0.3, 0.4) is 0 Å². The van der Waals surface area contributed by atoms with Crippen molar-refractivity contribution >= 4 is 27.6 Å². The number of benzene rings is 1. The SMILES string of the molecule is CCOC(=O)[C@H]1CCC[NH+](CC(=O)Nc2ccc(S(=O)(=O)N(C)C(C)C)cc2)C1. The zero-order chi connectivity index (χ0) is 21.6. The van der Waals surface area contributed by atoms with Gasteiger partial charge in [0.2, 0.25) is 10.0 Å². The molecule has 1 heterocycles. The second kappa shape index (κ2) is 10.2. The molecule has 1 aromatic carbocycles. The van der Waals surface area contributed by atoms with E-state index in [4.69, 9.17) is 4.74 Å². The average molecular weight is 427 g/mol. The molecule has 0 radical (unpaired) electrons. The van der Waals surface area contributed by atoms with Gasteiger partial charge in [0, 0.05) is 18.8 Å². The molecule has 1 aliphatic rings. The fourth-order valence-electron chi connectivity index (χ4n) is 3.36. The topological polar surface area (TPSA) is 97.2 Å². The zero-order valence-electron chi connectivity index (χ0n) is 17.6. The van der Waals surface area contributed by atoms with Crippen LogP contribution in [-0.4, -0.2) is 63.9 Å². The van der Waals surface area contributed by atoms with Gasteiger partial charge in [-0.25, -0.2) is 8.42 Å². The summed E-state index contributed by atoms with van der Waals surface area (Å²) in [4.78, 5) is 25.6. The maximum atomic E-state index is 12.5. The number of carbonyl (C=O) groups excluding carboxylic acids is 2. The van der Waals surface area contributed by atoms with E-state index in [9.17, 15) is 18.0 Å². The molecule has 2 rings (SSSR count). The fourth-order valence-corrected chi connectivity index (χ4v) is 4.73. The Morgan fingerprint density at radius 3 is 2.52 bits per heavy atom. The minimum absolute atomic E-state index is 0.148. The molecule has 1 aromatic rings. The van der Waals surface area contributed by atoms with Crippen LogP contribution >= 0.6 is 0 Å². The number of ether oxygens (including phenoxy) is 1. The first-order valence-corrected chi connectivity index (χ1v) is 11.5. The van der Waals surface area contributed by atoms with Crippen molar-refractivity contribution < 1.29 is 27.6 Å². The minimum atomic E-state index is -3.55. The van der Waals surface area contributed by atoms with Crippen LogP contribution in [0.5, 0.6) is 0 Å². The number of piperidine rings is 1. The number of nitrogens with zero attached hydrogens (tertiary/aromatic N) is 1. The fraction of sp³-hybridized carbons (Fsp3) is 0.600. The Hall–Kier alpha value is -1.97. The number of rotatable bonds is 8. The predicted octanol–water partition coefficient (Wildman–Crippen LogP) is 0.512.